The largest absolute Gasteiger partial charge is 0.490 e. The summed E-state index contributed by atoms with van der Waals surface area (Å²) in [5.41, 5.74) is 2.34. The van der Waals surface area contributed by atoms with Gasteiger partial charge in [0, 0.05) is 12.1 Å². The third-order valence-corrected chi connectivity index (χ3v) is 2.60. The first-order chi connectivity index (χ1) is 7.33. The van der Waals surface area contributed by atoms with E-state index in [1.165, 1.54) is 5.56 Å². The van der Waals surface area contributed by atoms with Crippen LogP contribution in [0.4, 0.5) is 0 Å². The molecule has 76 valence electrons. The van der Waals surface area contributed by atoms with Gasteiger partial charge in [-0.15, -0.1) is 10.2 Å². The topological polar surface area (TPSA) is 39.9 Å². The van der Waals surface area contributed by atoms with Gasteiger partial charge in [0.1, 0.15) is 24.5 Å². The predicted molar refractivity (Wildman–Crippen MR) is 55.2 cm³/mol. The van der Waals surface area contributed by atoms with E-state index < -0.39 is 0 Å². The summed E-state index contributed by atoms with van der Waals surface area (Å²) in [6.07, 6.45) is 4.66. The molecule has 2 aromatic rings. The molecule has 0 bridgehead atoms. The van der Waals surface area contributed by atoms with Crippen molar-refractivity contribution in [2.75, 3.05) is 0 Å². The fraction of sp³-hybridized carbons (Fsp3) is 0.273. The Morgan fingerprint density at radius 2 is 2.13 bits per heavy atom. The zero-order valence-corrected chi connectivity index (χ0v) is 8.42. The van der Waals surface area contributed by atoms with Crippen molar-refractivity contribution in [3.8, 4) is 11.4 Å². The number of fused-ring (bicyclic) bond motifs is 1. The summed E-state index contributed by atoms with van der Waals surface area (Å²) in [7, 11) is 0. The van der Waals surface area contributed by atoms with Crippen molar-refractivity contribution >= 4 is 0 Å². The molecular weight excluding hydrogens is 190 g/mol. The molecule has 0 spiro atoms. The van der Waals surface area contributed by atoms with Crippen molar-refractivity contribution in [1.82, 2.24) is 14.8 Å². The van der Waals surface area contributed by atoms with E-state index >= 15 is 0 Å². The lowest BCUT2D eigenvalue weighted by Crippen LogP contribution is -2.05. The summed E-state index contributed by atoms with van der Waals surface area (Å²) in [6, 6.07) is 6.15. The molecule has 1 aromatic carbocycles. The Balaban J connectivity index is 2.04. The maximum Gasteiger partial charge on any atom is 0.123 e. The minimum atomic E-state index is 0.288. The molecule has 4 heteroatoms. The highest BCUT2D eigenvalue weighted by molar-refractivity contribution is 5.46. The second-order valence-electron chi connectivity index (χ2n) is 3.79. The number of hydrogen-bond acceptors (Lipinski definition) is 3. The van der Waals surface area contributed by atoms with Crippen LogP contribution in [0.1, 0.15) is 12.5 Å². The Hall–Kier alpha value is -1.84. The van der Waals surface area contributed by atoms with E-state index in [4.69, 9.17) is 4.74 Å². The molecule has 0 aliphatic carbocycles. The van der Waals surface area contributed by atoms with Gasteiger partial charge >= 0.3 is 0 Å². The van der Waals surface area contributed by atoms with Gasteiger partial charge in [0.2, 0.25) is 0 Å². The minimum Gasteiger partial charge on any atom is -0.490 e. The number of benzene rings is 1. The summed E-state index contributed by atoms with van der Waals surface area (Å²) >= 11 is 0. The molecule has 0 fully saturated rings. The third kappa shape index (κ3) is 1.38. The van der Waals surface area contributed by atoms with Crippen molar-refractivity contribution < 1.29 is 4.74 Å². The van der Waals surface area contributed by atoms with Gasteiger partial charge in [0.05, 0.1) is 0 Å². The van der Waals surface area contributed by atoms with Crippen molar-refractivity contribution in [2.24, 2.45) is 0 Å². The van der Waals surface area contributed by atoms with Crippen molar-refractivity contribution in [3.05, 3.63) is 36.4 Å². The van der Waals surface area contributed by atoms with Crippen LogP contribution >= 0.6 is 0 Å². The van der Waals surface area contributed by atoms with Crippen LogP contribution in [0.25, 0.3) is 5.69 Å². The molecule has 15 heavy (non-hydrogen) atoms. The maximum atomic E-state index is 5.64. The first-order valence-electron chi connectivity index (χ1n) is 4.97. The molecule has 1 aliphatic rings. The monoisotopic (exact) mass is 201 g/mol. The normalized spacial score (nSPS) is 18.6. The fourth-order valence-corrected chi connectivity index (χ4v) is 1.90. The summed E-state index contributed by atoms with van der Waals surface area (Å²) in [5.74, 6) is 0.999. The Labute approximate surface area is 87.5 Å². The Morgan fingerprint density at radius 1 is 1.33 bits per heavy atom. The quantitative estimate of drug-likeness (QED) is 0.703. The van der Waals surface area contributed by atoms with Gasteiger partial charge in [-0.2, -0.15) is 0 Å². The van der Waals surface area contributed by atoms with Gasteiger partial charge < -0.3 is 4.74 Å². The summed E-state index contributed by atoms with van der Waals surface area (Å²) < 4.78 is 7.53. The van der Waals surface area contributed by atoms with Crippen LogP contribution in [0, 0.1) is 0 Å². The predicted octanol–water partition coefficient (Wildman–Crippen LogP) is 1.59. The molecule has 1 aliphatic heterocycles. The maximum absolute atomic E-state index is 5.64. The molecule has 3 rings (SSSR count). The van der Waals surface area contributed by atoms with Crippen LogP contribution < -0.4 is 4.74 Å². The van der Waals surface area contributed by atoms with E-state index in [9.17, 15) is 0 Å². The highest BCUT2D eigenvalue weighted by Gasteiger charge is 2.18. The van der Waals surface area contributed by atoms with Gasteiger partial charge in [-0.25, -0.2) is 0 Å². The second-order valence-corrected chi connectivity index (χ2v) is 3.79. The van der Waals surface area contributed by atoms with Crippen LogP contribution in [-0.2, 0) is 6.42 Å². The number of ether oxygens (including phenoxy) is 1. The molecule has 1 aromatic heterocycles. The first kappa shape index (κ1) is 8.47. The average molecular weight is 201 g/mol. The van der Waals surface area contributed by atoms with E-state index in [0.29, 0.717) is 0 Å². The van der Waals surface area contributed by atoms with Gasteiger partial charge in [-0.05, 0) is 30.7 Å². The summed E-state index contributed by atoms with van der Waals surface area (Å²) in [6.45, 7) is 2.08. The van der Waals surface area contributed by atoms with E-state index in [2.05, 4.69) is 23.2 Å². The molecule has 0 saturated heterocycles. The zero-order chi connectivity index (χ0) is 10.3. The smallest absolute Gasteiger partial charge is 0.123 e. The molecule has 1 atom stereocenters. The summed E-state index contributed by atoms with van der Waals surface area (Å²) in [4.78, 5) is 0. The van der Waals surface area contributed by atoms with Crippen LogP contribution in [0.2, 0.25) is 0 Å². The molecule has 0 saturated carbocycles. The minimum absolute atomic E-state index is 0.288. The number of nitrogens with zero attached hydrogens (tertiary/aromatic N) is 3. The molecule has 0 unspecified atom stereocenters. The molecule has 2 heterocycles. The number of hydrogen-bond donors (Lipinski definition) is 0. The average Bonchev–Trinajstić information content (AvgIpc) is 2.82. The molecule has 0 radical (unpaired) electrons. The van der Waals surface area contributed by atoms with Crippen LogP contribution in [0.15, 0.2) is 30.9 Å². The van der Waals surface area contributed by atoms with Crippen LogP contribution in [-0.4, -0.2) is 20.9 Å². The van der Waals surface area contributed by atoms with E-state index in [1.807, 2.05) is 16.7 Å². The van der Waals surface area contributed by atoms with Gasteiger partial charge in [0.25, 0.3) is 0 Å². The van der Waals surface area contributed by atoms with Crippen molar-refractivity contribution in [1.29, 1.82) is 0 Å². The Morgan fingerprint density at radius 3 is 2.93 bits per heavy atom. The first-order valence-corrected chi connectivity index (χ1v) is 4.97. The van der Waals surface area contributed by atoms with E-state index in [0.717, 1.165) is 17.9 Å². The van der Waals surface area contributed by atoms with E-state index in [-0.39, 0.29) is 6.10 Å². The van der Waals surface area contributed by atoms with Crippen LogP contribution in [0.3, 0.4) is 0 Å². The Kier molecular flexibility index (Phi) is 1.74. The van der Waals surface area contributed by atoms with Gasteiger partial charge in [-0.1, -0.05) is 0 Å². The van der Waals surface area contributed by atoms with E-state index in [1.54, 1.807) is 12.7 Å². The lowest BCUT2D eigenvalue weighted by atomic mass is 10.1. The van der Waals surface area contributed by atoms with Crippen molar-refractivity contribution in [3.63, 3.8) is 0 Å². The molecule has 4 nitrogen and oxygen atoms in total. The molecule has 0 N–H and O–H groups in total. The van der Waals surface area contributed by atoms with Crippen molar-refractivity contribution in [2.45, 2.75) is 19.4 Å². The number of rotatable bonds is 1. The second kappa shape index (κ2) is 3.08. The zero-order valence-electron chi connectivity index (χ0n) is 8.42. The van der Waals surface area contributed by atoms with Gasteiger partial charge in [0.15, 0.2) is 0 Å². The molecule has 0 amide bonds. The highest BCUT2D eigenvalue weighted by atomic mass is 16.5. The lowest BCUT2D eigenvalue weighted by molar-refractivity contribution is 0.254. The molecular formula is C11H11N3O. The summed E-state index contributed by atoms with van der Waals surface area (Å²) in [5, 5.41) is 7.58. The third-order valence-electron chi connectivity index (χ3n) is 2.60. The number of aromatic nitrogens is 3. The lowest BCUT2D eigenvalue weighted by Gasteiger charge is -2.04. The Bertz CT molecular complexity index is 479. The SMILES string of the molecule is C[C@H]1Cc2cc(-n3cnnc3)ccc2O1. The fourth-order valence-electron chi connectivity index (χ4n) is 1.90. The standard InChI is InChI=1S/C11H11N3O/c1-8-4-9-5-10(2-3-11(9)15-8)14-6-12-13-7-14/h2-3,5-8H,4H2,1H3/t8-/m0/s1. The highest BCUT2D eigenvalue weighted by Crippen LogP contribution is 2.30. The van der Waals surface area contributed by atoms with Crippen LogP contribution in [0.5, 0.6) is 5.75 Å². The van der Waals surface area contributed by atoms with Gasteiger partial charge in [-0.3, -0.25) is 4.57 Å².